The number of hydrogen-bond donors (Lipinski definition) is 0. The first kappa shape index (κ1) is 22.2. The van der Waals surface area contributed by atoms with Crippen LogP contribution in [0.15, 0.2) is 47.4 Å². The Morgan fingerprint density at radius 3 is 2.21 bits per heavy atom. The van der Waals surface area contributed by atoms with Crippen LogP contribution in [0.4, 0.5) is 0 Å². The van der Waals surface area contributed by atoms with E-state index < -0.39 is 10.0 Å². The summed E-state index contributed by atoms with van der Waals surface area (Å²) in [7, 11) is -0.576. The van der Waals surface area contributed by atoms with Gasteiger partial charge in [-0.2, -0.15) is 4.31 Å². The van der Waals surface area contributed by atoms with Crippen molar-refractivity contribution < 1.29 is 17.9 Å². The van der Waals surface area contributed by atoms with Gasteiger partial charge >= 0.3 is 0 Å². The van der Waals surface area contributed by atoms with Crippen molar-refractivity contribution in [2.75, 3.05) is 27.2 Å². The second-order valence-electron chi connectivity index (χ2n) is 6.24. The van der Waals surface area contributed by atoms with Gasteiger partial charge in [-0.25, -0.2) is 8.42 Å². The molecule has 28 heavy (non-hydrogen) atoms. The number of rotatable bonds is 8. The van der Waals surface area contributed by atoms with Gasteiger partial charge < -0.3 is 9.64 Å². The highest BCUT2D eigenvalue weighted by atomic mass is 35.5. The molecule has 0 unspecified atom stereocenters. The zero-order valence-electron chi connectivity index (χ0n) is 16.5. The molecule has 0 aromatic heterocycles. The third-order valence-electron chi connectivity index (χ3n) is 4.42. The lowest BCUT2D eigenvalue weighted by Crippen LogP contribution is -2.31. The molecule has 8 heteroatoms. The SMILES string of the molecule is CCN(CC)S(=O)(=O)c1ccc(OC)c(C(=O)N(C)Cc2ccc(Cl)cc2)c1. The molecule has 0 N–H and O–H groups in total. The van der Waals surface area contributed by atoms with Crippen LogP contribution >= 0.6 is 11.6 Å². The van der Waals surface area contributed by atoms with Gasteiger partial charge in [0.1, 0.15) is 5.75 Å². The average molecular weight is 425 g/mol. The van der Waals surface area contributed by atoms with E-state index in [0.29, 0.717) is 30.4 Å². The van der Waals surface area contributed by atoms with Crippen LogP contribution in [0.2, 0.25) is 5.02 Å². The van der Waals surface area contributed by atoms with E-state index in [0.717, 1.165) is 5.56 Å². The van der Waals surface area contributed by atoms with Gasteiger partial charge in [0, 0.05) is 31.7 Å². The monoisotopic (exact) mass is 424 g/mol. The van der Waals surface area contributed by atoms with E-state index in [1.165, 1.54) is 34.5 Å². The minimum atomic E-state index is -3.68. The molecular formula is C20H25ClN2O4S. The van der Waals surface area contributed by atoms with E-state index in [2.05, 4.69) is 0 Å². The number of carbonyl (C=O) groups is 1. The van der Waals surface area contributed by atoms with Gasteiger partial charge in [-0.3, -0.25) is 4.79 Å². The molecular weight excluding hydrogens is 400 g/mol. The number of halogens is 1. The van der Waals surface area contributed by atoms with Crippen molar-refractivity contribution in [3.63, 3.8) is 0 Å². The predicted molar refractivity (Wildman–Crippen MR) is 110 cm³/mol. The second-order valence-corrected chi connectivity index (χ2v) is 8.61. The smallest absolute Gasteiger partial charge is 0.257 e. The van der Waals surface area contributed by atoms with Crippen LogP contribution in [0.3, 0.4) is 0 Å². The van der Waals surface area contributed by atoms with E-state index in [4.69, 9.17) is 16.3 Å². The lowest BCUT2D eigenvalue weighted by molar-refractivity contribution is 0.0781. The minimum Gasteiger partial charge on any atom is -0.496 e. The summed E-state index contributed by atoms with van der Waals surface area (Å²) >= 11 is 5.90. The molecule has 0 atom stereocenters. The Kier molecular flexibility index (Phi) is 7.46. The third-order valence-corrected chi connectivity index (χ3v) is 6.72. The maximum atomic E-state index is 13.0. The van der Waals surface area contributed by atoms with Gasteiger partial charge in [0.05, 0.1) is 17.6 Å². The topological polar surface area (TPSA) is 66.9 Å². The summed E-state index contributed by atoms with van der Waals surface area (Å²) in [6.45, 7) is 4.61. The summed E-state index contributed by atoms with van der Waals surface area (Å²) in [5, 5.41) is 0.619. The second kappa shape index (κ2) is 9.41. The van der Waals surface area contributed by atoms with Gasteiger partial charge in [-0.05, 0) is 35.9 Å². The molecule has 0 aliphatic carbocycles. The van der Waals surface area contributed by atoms with E-state index in [-0.39, 0.29) is 16.4 Å². The largest absolute Gasteiger partial charge is 0.496 e. The fraction of sp³-hybridized carbons (Fsp3) is 0.350. The molecule has 2 rings (SSSR count). The Morgan fingerprint density at radius 2 is 1.68 bits per heavy atom. The summed E-state index contributed by atoms with van der Waals surface area (Å²) in [6.07, 6.45) is 0. The molecule has 0 fully saturated rings. The number of sulfonamides is 1. The predicted octanol–water partition coefficient (Wildman–Crippen LogP) is 3.65. The molecule has 2 aromatic rings. The van der Waals surface area contributed by atoms with Crippen LogP contribution in [0.5, 0.6) is 5.75 Å². The quantitative estimate of drug-likeness (QED) is 0.648. The van der Waals surface area contributed by atoms with Gasteiger partial charge in [0.15, 0.2) is 0 Å². The molecule has 6 nitrogen and oxygen atoms in total. The van der Waals surface area contributed by atoms with Crippen LogP contribution in [-0.4, -0.2) is 50.8 Å². The Morgan fingerprint density at radius 1 is 1.07 bits per heavy atom. The highest BCUT2D eigenvalue weighted by Crippen LogP contribution is 2.26. The summed E-state index contributed by atoms with van der Waals surface area (Å²) < 4.78 is 32.3. The Balaban J connectivity index is 2.37. The zero-order valence-corrected chi connectivity index (χ0v) is 18.0. The number of benzene rings is 2. The Hall–Kier alpha value is -2.09. The molecule has 0 radical (unpaired) electrons. The maximum absolute atomic E-state index is 13.0. The van der Waals surface area contributed by atoms with Crippen LogP contribution in [0, 0.1) is 0 Å². The van der Waals surface area contributed by atoms with Crippen molar-refractivity contribution in [2.24, 2.45) is 0 Å². The standard InChI is InChI=1S/C20H25ClN2O4S/c1-5-23(6-2)28(25,26)17-11-12-19(27-4)18(13-17)20(24)22(3)14-15-7-9-16(21)10-8-15/h7-13H,5-6,14H2,1-4H3. The van der Waals surface area contributed by atoms with E-state index in [1.54, 1.807) is 33.0 Å². The van der Waals surface area contributed by atoms with Crippen molar-refractivity contribution >= 4 is 27.5 Å². The fourth-order valence-corrected chi connectivity index (χ4v) is 4.48. The first-order valence-corrected chi connectivity index (χ1v) is 10.7. The number of methoxy groups -OCH3 is 1. The van der Waals surface area contributed by atoms with Crippen LogP contribution in [-0.2, 0) is 16.6 Å². The van der Waals surface area contributed by atoms with E-state index >= 15 is 0 Å². The summed E-state index contributed by atoms with van der Waals surface area (Å²) in [4.78, 5) is 14.6. The Bertz CT molecular complexity index is 926. The number of nitrogens with zero attached hydrogens (tertiary/aromatic N) is 2. The lowest BCUT2D eigenvalue weighted by Gasteiger charge is -2.21. The van der Waals surface area contributed by atoms with Gasteiger partial charge in [0.2, 0.25) is 10.0 Å². The molecule has 0 spiro atoms. The number of ether oxygens (including phenoxy) is 1. The molecule has 1 amide bonds. The first-order chi connectivity index (χ1) is 13.2. The average Bonchev–Trinajstić information content (AvgIpc) is 2.69. The summed E-state index contributed by atoms with van der Waals surface area (Å²) in [5.41, 5.74) is 1.11. The van der Waals surface area contributed by atoms with Crippen LogP contribution in [0.1, 0.15) is 29.8 Å². The lowest BCUT2D eigenvalue weighted by atomic mass is 10.1. The van der Waals surface area contributed by atoms with Gasteiger partial charge in [-0.1, -0.05) is 37.6 Å². The third kappa shape index (κ3) is 4.84. The van der Waals surface area contributed by atoms with Crippen molar-refractivity contribution in [1.82, 2.24) is 9.21 Å². The minimum absolute atomic E-state index is 0.0697. The molecule has 0 saturated heterocycles. The maximum Gasteiger partial charge on any atom is 0.257 e. The summed E-state index contributed by atoms with van der Waals surface area (Å²) in [5.74, 6) is -0.00477. The van der Waals surface area contributed by atoms with Crippen LogP contribution < -0.4 is 4.74 Å². The van der Waals surface area contributed by atoms with Crippen molar-refractivity contribution in [3.8, 4) is 5.75 Å². The molecule has 0 aliphatic heterocycles. The van der Waals surface area contributed by atoms with Gasteiger partial charge in [0.25, 0.3) is 5.91 Å². The Labute approximate surface area is 171 Å². The number of carbonyl (C=O) groups excluding carboxylic acids is 1. The number of amides is 1. The van der Waals surface area contributed by atoms with Gasteiger partial charge in [-0.15, -0.1) is 0 Å². The molecule has 0 heterocycles. The highest BCUT2D eigenvalue weighted by Gasteiger charge is 2.25. The summed E-state index contributed by atoms with van der Waals surface area (Å²) in [6, 6.07) is 11.5. The first-order valence-electron chi connectivity index (χ1n) is 8.92. The van der Waals surface area contributed by atoms with Crippen molar-refractivity contribution in [1.29, 1.82) is 0 Å². The fourth-order valence-electron chi connectivity index (χ4n) is 2.87. The van der Waals surface area contributed by atoms with E-state index in [9.17, 15) is 13.2 Å². The highest BCUT2D eigenvalue weighted by molar-refractivity contribution is 7.89. The molecule has 0 bridgehead atoms. The molecule has 152 valence electrons. The van der Waals surface area contributed by atoms with E-state index in [1.807, 2.05) is 12.1 Å². The molecule has 0 aliphatic rings. The van der Waals surface area contributed by atoms with Crippen LogP contribution in [0.25, 0.3) is 0 Å². The van der Waals surface area contributed by atoms with Crippen molar-refractivity contribution in [3.05, 3.63) is 58.6 Å². The molecule has 2 aromatic carbocycles. The molecule has 0 saturated carbocycles. The normalized spacial score (nSPS) is 11.5. The van der Waals surface area contributed by atoms with Crippen molar-refractivity contribution in [2.45, 2.75) is 25.3 Å². The zero-order chi connectivity index (χ0) is 20.9. The number of hydrogen-bond acceptors (Lipinski definition) is 4.